The minimum Gasteiger partial charge on any atom is -0.339 e. The van der Waals surface area contributed by atoms with E-state index < -0.39 is 11.6 Å². The standard InChI is InChI=1S/C15H21F2N3O.ClH/c1-11(12-3-4-13(16)14(17)9-12)19(2)10-15(21)20-7-5-18-6-8-20;/h3-4,9,11,18H,5-8,10H2,1-2H3;1H. The number of rotatable bonds is 4. The zero-order chi connectivity index (χ0) is 15.4. The van der Waals surface area contributed by atoms with Gasteiger partial charge in [-0.3, -0.25) is 9.69 Å². The minimum atomic E-state index is -0.860. The molecule has 0 bridgehead atoms. The second-order valence-electron chi connectivity index (χ2n) is 5.40. The first-order valence-corrected chi connectivity index (χ1v) is 7.12. The number of likely N-dealkylation sites (N-methyl/N-ethyl adjacent to an activating group) is 1. The summed E-state index contributed by atoms with van der Waals surface area (Å²) in [6, 6.07) is 3.69. The van der Waals surface area contributed by atoms with Crippen LogP contribution in [0.4, 0.5) is 8.78 Å². The Morgan fingerprint density at radius 3 is 2.55 bits per heavy atom. The van der Waals surface area contributed by atoms with E-state index >= 15 is 0 Å². The molecule has 1 amide bonds. The highest BCUT2D eigenvalue weighted by molar-refractivity contribution is 5.85. The third-order valence-corrected chi connectivity index (χ3v) is 3.94. The van der Waals surface area contributed by atoms with E-state index in [1.165, 1.54) is 6.07 Å². The number of carbonyl (C=O) groups is 1. The summed E-state index contributed by atoms with van der Waals surface area (Å²) in [4.78, 5) is 15.9. The first-order valence-electron chi connectivity index (χ1n) is 7.12. The maximum absolute atomic E-state index is 13.3. The van der Waals surface area contributed by atoms with Gasteiger partial charge in [-0.25, -0.2) is 8.78 Å². The number of piperazine rings is 1. The largest absolute Gasteiger partial charge is 0.339 e. The molecule has 124 valence electrons. The van der Waals surface area contributed by atoms with Crippen molar-refractivity contribution in [3.05, 3.63) is 35.4 Å². The Kier molecular flexibility index (Phi) is 7.19. The van der Waals surface area contributed by atoms with Gasteiger partial charge in [-0.05, 0) is 31.7 Å². The smallest absolute Gasteiger partial charge is 0.236 e. The molecule has 2 rings (SSSR count). The second-order valence-corrected chi connectivity index (χ2v) is 5.40. The molecule has 0 spiro atoms. The Hall–Kier alpha value is -1.24. The fourth-order valence-electron chi connectivity index (χ4n) is 2.39. The average Bonchev–Trinajstić information content (AvgIpc) is 2.50. The molecule has 1 atom stereocenters. The van der Waals surface area contributed by atoms with Gasteiger partial charge in [-0.1, -0.05) is 6.07 Å². The van der Waals surface area contributed by atoms with E-state index in [1.807, 2.05) is 23.8 Å². The Labute approximate surface area is 135 Å². The van der Waals surface area contributed by atoms with Crippen LogP contribution in [0.1, 0.15) is 18.5 Å². The zero-order valence-corrected chi connectivity index (χ0v) is 13.6. The van der Waals surface area contributed by atoms with Gasteiger partial charge in [0.25, 0.3) is 0 Å². The Morgan fingerprint density at radius 2 is 1.95 bits per heavy atom. The number of carbonyl (C=O) groups excluding carboxylic acids is 1. The van der Waals surface area contributed by atoms with Crippen molar-refractivity contribution in [1.82, 2.24) is 15.1 Å². The van der Waals surface area contributed by atoms with Gasteiger partial charge in [0.05, 0.1) is 6.54 Å². The summed E-state index contributed by atoms with van der Waals surface area (Å²) in [5.41, 5.74) is 0.657. The number of amides is 1. The summed E-state index contributed by atoms with van der Waals surface area (Å²) in [6.07, 6.45) is 0. The third-order valence-electron chi connectivity index (χ3n) is 3.94. The molecule has 1 fully saturated rings. The van der Waals surface area contributed by atoms with E-state index in [1.54, 1.807) is 6.07 Å². The van der Waals surface area contributed by atoms with Crippen molar-refractivity contribution in [3.63, 3.8) is 0 Å². The molecule has 1 aromatic carbocycles. The molecule has 4 nitrogen and oxygen atoms in total. The minimum absolute atomic E-state index is 0. The van der Waals surface area contributed by atoms with Gasteiger partial charge in [0, 0.05) is 32.2 Å². The van der Waals surface area contributed by atoms with Crippen LogP contribution in [0, 0.1) is 11.6 Å². The molecule has 0 saturated carbocycles. The number of hydrogen-bond acceptors (Lipinski definition) is 3. The van der Waals surface area contributed by atoms with Gasteiger partial charge in [-0.15, -0.1) is 12.4 Å². The van der Waals surface area contributed by atoms with E-state index in [4.69, 9.17) is 0 Å². The Bertz CT molecular complexity index is 510. The van der Waals surface area contributed by atoms with Crippen molar-refractivity contribution in [3.8, 4) is 0 Å². The molecule has 1 aliphatic heterocycles. The predicted molar refractivity (Wildman–Crippen MR) is 84.1 cm³/mol. The summed E-state index contributed by atoms with van der Waals surface area (Å²) in [6.45, 7) is 5.19. The van der Waals surface area contributed by atoms with E-state index in [2.05, 4.69) is 5.32 Å². The number of hydrogen-bond donors (Lipinski definition) is 1. The van der Waals surface area contributed by atoms with Gasteiger partial charge >= 0.3 is 0 Å². The maximum Gasteiger partial charge on any atom is 0.236 e. The summed E-state index contributed by atoms with van der Waals surface area (Å²) >= 11 is 0. The van der Waals surface area contributed by atoms with E-state index in [9.17, 15) is 13.6 Å². The molecule has 1 aliphatic rings. The molecule has 7 heteroatoms. The Morgan fingerprint density at radius 1 is 1.32 bits per heavy atom. The van der Waals surface area contributed by atoms with Crippen molar-refractivity contribution < 1.29 is 13.6 Å². The average molecular weight is 334 g/mol. The molecule has 22 heavy (non-hydrogen) atoms. The lowest BCUT2D eigenvalue weighted by molar-refractivity contribution is -0.133. The molecular formula is C15H22ClF2N3O. The van der Waals surface area contributed by atoms with Crippen LogP contribution in [0.3, 0.4) is 0 Å². The topological polar surface area (TPSA) is 35.6 Å². The second kappa shape index (κ2) is 8.41. The van der Waals surface area contributed by atoms with E-state index in [0.717, 1.165) is 19.2 Å². The van der Waals surface area contributed by atoms with Crippen molar-refractivity contribution in [2.75, 3.05) is 39.8 Å². The monoisotopic (exact) mass is 333 g/mol. The molecule has 1 unspecified atom stereocenters. The number of halogens is 3. The molecule has 1 aromatic rings. The summed E-state index contributed by atoms with van der Waals surface area (Å²) in [7, 11) is 1.81. The van der Waals surface area contributed by atoms with Crippen LogP contribution < -0.4 is 5.32 Å². The fourth-order valence-corrected chi connectivity index (χ4v) is 2.39. The highest BCUT2D eigenvalue weighted by Crippen LogP contribution is 2.20. The van der Waals surface area contributed by atoms with Crippen LogP contribution in [0.2, 0.25) is 0 Å². The van der Waals surface area contributed by atoms with Crippen molar-refractivity contribution in [2.45, 2.75) is 13.0 Å². The summed E-state index contributed by atoms with van der Waals surface area (Å²) in [5.74, 6) is -1.65. The lowest BCUT2D eigenvalue weighted by Gasteiger charge is -2.31. The van der Waals surface area contributed by atoms with Crippen LogP contribution in [-0.4, -0.2) is 55.5 Å². The van der Waals surface area contributed by atoms with Gasteiger partial charge < -0.3 is 10.2 Å². The lowest BCUT2D eigenvalue weighted by atomic mass is 10.1. The normalized spacial score (nSPS) is 16.3. The Balaban J connectivity index is 0.00000242. The van der Waals surface area contributed by atoms with E-state index in [-0.39, 0.29) is 30.9 Å². The molecule has 1 heterocycles. The number of nitrogens with one attached hydrogen (secondary N) is 1. The molecule has 0 aromatic heterocycles. The first-order chi connectivity index (χ1) is 9.99. The molecule has 0 radical (unpaired) electrons. The summed E-state index contributed by atoms with van der Waals surface area (Å²) < 4.78 is 26.2. The van der Waals surface area contributed by atoms with Crippen molar-refractivity contribution >= 4 is 18.3 Å². The van der Waals surface area contributed by atoms with Gasteiger partial charge in [0.15, 0.2) is 11.6 Å². The number of nitrogens with zero attached hydrogens (tertiary/aromatic N) is 2. The molecule has 0 aliphatic carbocycles. The fraction of sp³-hybridized carbons (Fsp3) is 0.533. The molecule has 1 saturated heterocycles. The molecule has 1 N–H and O–H groups in total. The highest BCUT2D eigenvalue weighted by Gasteiger charge is 2.21. The van der Waals surface area contributed by atoms with Gasteiger partial charge in [-0.2, -0.15) is 0 Å². The van der Waals surface area contributed by atoms with Crippen molar-refractivity contribution in [1.29, 1.82) is 0 Å². The maximum atomic E-state index is 13.3. The highest BCUT2D eigenvalue weighted by atomic mass is 35.5. The van der Waals surface area contributed by atoms with Crippen LogP contribution in [0.5, 0.6) is 0 Å². The van der Waals surface area contributed by atoms with Crippen molar-refractivity contribution in [2.24, 2.45) is 0 Å². The van der Waals surface area contributed by atoms with Gasteiger partial charge in [0.2, 0.25) is 5.91 Å². The van der Waals surface area contributed by atoms with Crippen LogP contribution in [-0.2, 0) is 4.79 Å². The van der Waals surface area contributed by atoms with Gasteiger partial charge in [0.1, 0.15) is 0 Å². The van der Waals surface area contributed by atoms with E-state index in [0.29, 0.717) is 18.7 Å². The number of benzene rings is 1. The SMILES string of the molecule is CC(c1ccc(F)c(F)c1)N(C)CC(=O)N1CCNCC1.Cl. The first kappa shape index (κ1) is 18.8. The zero-order valence-electron chi connectivity index (χ0n) is 12.8. The predicted octanol–water partition coefficient (Wildman–Crippen LogP) is 1.81. The quantitative estimate of drug-likeness (QED) is 0.913. The van der Waals surface area contributed by atoms with Crippen LogP contribution in [0.25, 0.3) is 0 Å². The third kappa shape index (κ3) is 4.63. The lowest BCUT2D eigenvalue weighted by Crippen LogP contribution is -2.49. The van der Waals surface area contributed by atoms with Crippen LogP contribution >= 0.6 is 12.4 Å². The van der Waals surface area contributed by atoms with Crippen LogP contribution in [0.15, 0.2) is 18.2 Å². The summed E-state index contributed by atoms with van der Waals surface area (Å²) in [5, 5.41) is 3.20. The molecular weight excluding hydrogens is 312 g/mol.